The third-order valence-electron chi connectivity index (χ3n) is 3.09. The largest absolute Gasteiger partial charge is 0.312 e. The van der Waals surface area contributed by atoms with E-state index in [-0.39, 0.29) is 17.4 Å². The first kappa shape index (κ1) is 16.0. The van der Waals surface area contributed by atoms with Gasteiger partial charge in [-0.05, 0) is 24.1 Å². The summed E-state index contributed by atoms with van der Waals surface area (Å²) in [5, 5.41) is -0.498. The van der Waals surface area contributed by atoms with E-state index in [1.54, 1.807) is 10.6 Å². The lowest BCUT2D eigenvalue weighted by atomic mass is 9.90. The average Bonchev–Trinajstić information content (AvgIpc) is 2.28. The smallest absolute Gasteiger partial charge is 0.254 e. The molecule has 0 aliphatic heterocycles. The summed E-state index contributed by atoms with van der Waals surface area (Å²) in [6, 6.07) is 3.66. The standard InChI is InChI=1S/C15H22ClNO2/c1-5-6-9-17-12(15(2,3)4)8-7-11(14(17)19)10-13(16)18/h7-8H,5-6,9-10H2,1-4H3. The molecule has 0 fully saturated rings. The maximum atomic E-state index is 12.4. The molecule has 0 aliphatic carbocycles. The first-order valence-electron chi connectivity index (χ1n) is 6.69. The van der Waals surface area contributed by atoms with Crippen molar-refractivity contribution in [3.63, 3.8) is 0 Å². The highest BCUT2D eigenvalue weighted by atomic mass is 35.5. The second-order valence-corrected chi connectivity index (χ2v) is 6.26. The number of carbonyl (C=O) groups is 1. The molecule has 0 radical (unpaired) electrons. The molecule has 0 N–H and O–H groups in total. The van der Waals surface area contributed by atoms with Gasteiger partial charge in [0.1, 0.15) is 0 Å². The van der Waals surface area contributed by atoms with E-state index in [0.717, 1.165) is 18.5 Å². The Bertz CT molecular complexity index is 512. The molecule has 0 aliphatic rings. The molecule has 0 saturated heterocycles. The van der Waals surface area contributed by atoms with E-state index >= 15 is 0 Å². The van der Waals surface area contributed by atoms with Gasteiger partial charge >= 0.3 is 0 Å². The second-order valence-electron chi connectivity index (χ2n) is 5.84. The van der Waals surface area contributed by atoms with Crippen LogP contribution in [0.25, 0.3) is 0 Å². The molecule has 1 heterocycles. The summed E-state index contributed by atoms with van der Waals surface area (Å²) in [4.78, 5) is 23.4. The van der Waals surface area contributed by atoms with Gasteiger partial charge in [0.2, 0.25) is 5.24 Å². The molecule has 0 aromatic carbocycles. The topological polar surface area (TPSA) is 39.1 Å². The monoisotopic (exact) mass is 283 g/mol. The van der Waals surface area contributed by atoms with Crippen LogP contribution in [0.4, 0.5) is 0 Å². The van der Waals surface area contributed by atoms with Crippen LogP contribution >= 0.6 is 11.6 Å². The van der Waals surface area contributed by atoms with Crippen molar-refractivity contribution >= 4 is 16.8 Å². The Hall–Kier alpha value is -1.09. The van der Waals surface area contributed by atoms with E-state index < -0.39 is 5.24 Å². The predicted octanol–water partition coefficient (Wildman–Crippen LogP) is 3.25. The number of carbonyl (C=O) groups excluding carboxylic acids is 1. The number of hydrogen-bond donors (Lipinski definition) is 0. The molecule has 106 valence electrons. The van der Waals surface area contributed by atoms with Crippen LogP contribution in [0.2, 0.25) is 0 Å². The van der Waals surface area contributed by atoms with E-state index in [0.29, 0.717) is 12.1 Å². The summed E-state index contributed by atoms with van der Waals surface area (Å²) >= 11 is 5.38. The molecular weight excluding hydrogens is 262 g/mol. The highest BCUT2D eigenvalue weighted by Crippen LogP contribution is 2.21. The predicted molar refractivity (Wildman–Crippen MR) is 78.9 cm³/mol. The summed E-state index contributed by atoms with van der Waals surface area (Å²) < 4.78 is 1.79. The van der Waals surface area contributed by atoms with Crippen molar-refractivity contribution < 1.29 is 4.79 Å². The molecule has 0 unspecified atom stereocenters. The van der Waals surface area contributed by atoms with E-state index in [4.69, 9.17) is 11.6 Å². The van der Waals surface area contributed by atoms with Gasteiger partial charge in [-0.25, -0.2) is 0 Å². The minimum atomic E-state index is -0.498. The Morgan fingerprint density at radius 2 is 1.95 bits per heavy atom. The lowest BCUT2D eigenvalue weighted by molar-refractivity contribution is -0.111. The Labute approximate surface area is 119 Å². The SMILES string of the molecule is CCCCn1c(C(C)(C)C)ccc(CC(=O)Cl)c1=O. The normalized spacial score (nSPS) is 11.6. The van der Waals surface area contributed by atoms with Gasteiger partial charge in [0.25, 0.3) is 5.56 Å². The molecule has 0 bridgehead atoms. The minimum Gasteiger partial charge on any atom is -0.312 e. The molecule has 1 aromatic rings. The van der Waals surface area contributed by atoms with E-state index in [1.165, 1.54) is 0 Å². The van der Waals surface area contributed by atoms with Crippen LogP contribution < -0.4 is 5.56 Å². The van der Waals surface area contributed by atoms with Gasteiger partial charge in [-0.3, -0.25) is 9.59 Å². The van der Waals surface area contributed by atoms with Crippen LogP contribution in [0.3, 0.4) is 0 Å². The summed E-state index contributed by atoms with van der Waals surface area (Å²) in [6.07, 6.45) is 1.97. The van der Waals surface area contributed by atoms with Crippen LogP contribution in [-0.2, 0) is 23.2 Å². The fourth-order valence-corrected chi connectivity index (χ4v) is 2.24. The molecular formula is C15H22ClNO2. The molecule has 4 heteroatoms. The van der Waals surface area contributed by atoms with Gasteiger partial charge in [0.15, 0.2) is 0 Å². The maximum absolute atomic E-state index is 12.4. The zero-order valence-electron chi connectivity index (χ0n) is 12.1. The molecule has 3 nitrogen and oxygen atoms in total. The van der Waals surface area contributed by atoms with Gasteiger partial charge in [0.05, 0.1) is 6.42 Å². The van der Waals surface area contributed by atoms with E-state index in [1.807, 2.05) is 6.07 Å². The fraction of sp³-hybridized carbons (Fsp3) is 0.600. The van der Waals surface area contributed by atoms with Crippen molar-refractivity contribution in [2.45, 2.75) is 58.9 Å². The lowest BCUT2D eigenvalue weighted by Gasteiger charge is -2.24. The van der Waals surface area contributed by atoms with Crippen LogP contribution in [-0.4, -0.2) is 9.81 Å². The highest BCUT2D eigenvalue weighted by molar-refractivity contribution is 6.63. The van der Waals surface area contributed by atoms with Crippen LogP contribution in [0, 0.1) is 0 Å². The zero-order chi connectivity index (χ0) is 14.6. The number of pyridine rings is 1. The number of halogens is 1. The maximum Gasteiger partial charge on any atom is 0.254 e. The van der Waals surface area contributed by atoms with Crippen LogP contribution in [0.15, 0.2) is 16.9 Å². The molecule has 0 atom stereocenters. The summed E-state index contributed by atoms with van der Waals surface area (Å²) in [5.74, 6) is 0. The number of nitrogens with zero attached hydrogens (tertiary/aromatic N) is 1. The molecule has 1 aromatic heterocycles. The summed E-state index contributed by atoms with van der Waals surface area (Å²) in [5.41, 5.74) is 1.28. The Morgan fingerprint density at radius 3 is 2.42 bits per heavy atom. The third-order valence-corrected chi connectivity index (χ3v) is 3.22. The van der Waals surface area contributed by atoms with Crippen molar-refractivity contribution in [1.29, 1.82) is 0 Å². The molecule has 19 heavy (non-hydrogen) atoms. The number of rotatable bonds is 5. The van der Waals surface area contributed by atoms with Gasteiger partial charge < -0.3 is 4.57 Å². The summed E-state index contributed by atoms with van der Waals surface area (Å²) in [6.45, 7) is 9.02. The number of aromatic nitrogens is 1. The summed E-state index contributed by atoms with van der Waals surface area (Å²) in [7, 11) is 0. The lowest BCUT2D eigenvalue weighted by Crippen LogP contribution is -2.32. The average molecular weight is 284 g/mol. The van der Waals surface area contributed by atoms with Crippen molar-refractivity contribution in [3.05, 3.63) is 33.7 Å². The molecule has 0 saturated carbocycles. The first-order chi connectivity index (χ1) is 8.77. The van der Waals surface area contributed by atoms with E-state index in [2.05, 4.69) is 27.7 Å². The quantitative estimate of drug-likeness (QED) is 0.778. The van der Waals surface area contributed by atoms with Gasteiger partial charge in [-0.1, -0.05) is 40.2 Å². The number of unbranched alkanes of at least 4 members (excludes halogenated alkanes) is 1. The van der Waals surface area contributed by atoms with E-state index in [9.17, 15) is 9.59 Å². The Morgan fingerprint density at radius 1 is 1.32 bits per heavy atom. The molecule has 0 amide bonds. The van der Waals surface area contributed by atoms with Crippen molar-refractivity contribution in [1.82, 2.24) is 4.57 Å². The highest BCUT2D eigenvalue weighted by Gasteiger charge is 2.20. The minimum absolute atomic E-state index is 0.00304. The zero-order valence-corrected chi connectivity index (χ0v) is 12.9. The third kappa shape index (κ3) is 4.20. The Balaban J connectivity index is 3.32. The van der Waals surface area contributed by atoms with Crippen molar-refractivity contribution in [2.24, 2.45) is 0 Å². The molecule has 1 rings (SSSR count). The van der Waals surface area contributed by atoms with Crippen LogP contribution in [0.1, 0.15) is 51.8 Å². The second kappa shape index (κ2) is 6.38. The fourth-order valence-electron chi connectivity index (χ4n) is 2.10. The first-order valence-corrected chi connectivity index (χ1v) is 7.06. The number of hydrogen-bond acceptors (Lipinski definition) is 2. The van der Waals surface area contributed by atoms with Crippen molar-refractivity contribution in [3.8, 4) is 0 Å². The van der Waals surface area contributed by atoms with Crippen molar-refractivity contribution in [2.75, 3.05) is 0 Å². The Kier molecular flexibility index (Phi) is 5.36. The van der Waals surface area contributed by atoms with Gasteiger partial charge in [-0.15, -0.1) is 0 Å². The van der Waals surface area contributed by atoms with Gasteiger partial charge in [-0.2, -0.15) is 0 Å². The van der Waals surface area contributed by atoms with Crippen LogP contribution in [0.5, 0.6) is 0 Å². The molecule has 0 spiro atoms. The van der Waals surface area contributed by atoms with Gasteiger partial charge in [0, 0.05) is 23.2 Å².